The lowest BCUT2D eigenvalue weighted by Crippen LogP contribution is -2.54. The predicted molar refractivity (Wildman–Crippen MR) is 100 cm³/mol. The van der Waals surface area contributed by atoms with Crippen molar-refractivity contribution >= 4 is 31.2 Å². The van der Waals surface area contributed by atoms with Gasteiger partial charge in [0.05, 0.1) is 0 Å². The molecule has 130 valence electrons. The molecule has 4 nitrogen and oxygen atoms in total. The van der Waals surface area contributed by atoms with Crippen molar-refractivity contribution in [2.45, 2.75) is 78.2 Å². The molecule has 22 heavy (non-hydrogen) atoms. The summed E-state index contributed by atoms with van der Waals surface area (Å²) in [6.45, 7) is 22.5. The fourth-order valence-electron chi connectivity index (χ4n) is 2.33. The first kappa shape index (κ1) is 21.8. The highest BCUT2D eigenvalue weighted by atomic mass is 28.5. The second-order valence-electron chi connectivity index (χ2n) is 7.98. The SMILES string of the molecule is C=C(C)C(=O)OC(CC)C[Si](C)(O[Si](C)(C)C)O[Si](C)(C)C. The van der Waals surface area contributed by atoms with Gasteiger partial charge in [-0.2, -0.15) is 0 Å². The first-order valence-corrected chi connectivity index (χ1v) is 17.3. The van der Waals surface area contributed by atoms with Crippen LogP contribution in [0.15, 0.2) is 12.2 Å². The maximum Gasteiger partial charge on any atom is 0.333 e. The molecule has 0 aliphatic carbocycles. The summed E-state index contributed by atoms with van der Waals surface area (Å²) in [4.78, 5) is 11.8. The summed E-state index contributed by atoms with van der Waals surface area (Å²) < 4.78 is 18.5. The Balaban J connectivity index is 5.16. The van der Waals surface area contributed by atoms with Crippen LogP contribution in [-0.4, -0.2) is 37.3 Å². The van der Waals surface area contributed by atoms with E-state index in [2.05, 4.69) is 52.4 Å². The minimum atomic E-state index is -2.39. The average Bonchev–Trinajstić information content (AvgIpc) is 2.21. The molecule has 0 rings (SSSR count). The molecule has 0 N–H and O–H groups in total. The van der Waals surface area contributed by atoms with Crippen molar-refractivity contribution in [3.63, 3.8) is 0 Å². The molecule has 0 saturated heterocycles. The highest BCUT2D eigenvalue weighted by Crippen LogP contribution is 2.27. The Morgan fingerprint density at radius 2 is 1.41 bits per heavy atom. The van der Waals surface area contributed by atoms with E-state index in [0.29, 0.717) is 11.6 Å². The molecule has 0 bridgehead atoms. The Labute approximate surface area is 139 Å². The van der Waals surface area contributed by atoms with E-state index in [-0.39, 0.29) is 12.1 Å². The monoisotopic (exact) mass is 362 g/mol. The van der Waals surface area contributed by atoms with Gasteiger partial charge >= 0.3 is 14.5 Å². The van der Waals surface area contributed by atoms with E-state index in [1.54, 1.807) is 6.92 Å². The third kappa shape index (κ3) is 9.73. The molecule has 7 heteroatoms. The van der Waals surface area contributed by atoms with E-state index >= 15 is 0 Å². The van der Waals surface area contributed by atoms with Gasteiger partial charge in [0.1, 0.15) is 6.10 Å². The lowest BCUT2D eigenvalue weighted by Gasteiger charge is -2.39. The van der Waals surface area contributed by atoms with Crippen molar-refractivity contribution in [2.75, 3.05) is 0 Å². The minimum absolute atomic E-state index is 0.173. The van der Waals surface area contributed by atoms with Gasteiger partial charge in [-0.25, -0.2) is 4.79 Å². The van der Waals surface area contributed by atoms with Crippen LogP contribution in [0.1, 0.15) is 20.3 Å². The largest absolute Gasteiger partial charge is 0.459 e. The number of ether oxygens (including phenoxy) is 1. The molecule has 0 aliphatic heterocycles. The zero-order valence-corrected chi connectivity index (χ0v) is 18.8. The van der Waals surface area contributed by atoms with Crippen molar-refractivity contribution in [1.29, 1.82) is 0 Å². The van der Waals surface area contributed by atoms with Crippen LogP contribution in [0.4, 0.5) is 0 Å². The zero-order chi connectivity index (χ0) is 17.8. The third-order valence-electron chi connectivity index (χ3n) is 2.72. The molecule has 1 atom stereocenters. The highest BCUT2D eigenvalue weighted by molar-refractivity contribution is 6.87. The van der Waals surface area contributed by atoms with Crippen molar-refractivity contribution in [1.82, 2.24) is 0 Å². The maximum atomic E-state index is 11.8. The van der Waals surface area contributed by atoms with Gasteiger partial charge in [0.25, 0.3) is 0 Å². The number of carbonyl (C=O) groups is 1. The van der Waals surface area contributed by atoms with Crippen LogP contribution >= 0.6 is 0 Å². The molecule has 0 aromatic heterocycles. The number of rotatable bonds is 9. The van der Waals surface area contributed by atoms with E-state index in [1.165, 1.54) is 0 Å². The first-order chi connectivity index (χ1) is 9.67. The van der Waals surface area contributed by atoms with Crippen LogP contribution in [0.3, 0.4) is 0 Å². The standard InChI is InChI=1S/C15H34O4Si3/c1-11-14(17-15(16)13(2)3)12-22(10,18-20(4,5)6)19-21(7,8)9/h14H,2,11-12H2,1,3-10H3. The summed E-state index contributed by atoms with van der Waals surface area (Å²) in [5.41, 5.74) is 0.430. The van der Waals surface area contributed by atoms with Crippen molar-refractivity contribution in [2.24, 2.45) is 0 Å². The van der Waals surface area contributed by atoms with Gasteiger partial charge in [-0.1, -0.05) is 13.5 Å². The van der Waals surface area contributed by atoms with E-state index in [1.807, 2.05) is 6.92 Å². The predicted octanol–water partition coefficient (Wildman–Crippen LogP) is 4.66. The lowest BCUT2D eigenvalue weighted by atomic mass is 10.3. The van der Waals surface area contributed by atoms with E-state index in [0.717, 1.165) is 6.42 Å². The zero-order valence-electron chi connectivity index (χ0n) is 15.8. The molecular formula is C15H34O4Si3. The molecule has 0 heterocycles. The second-order valence-corrected chi connectivity index (χ2v) is 20.7. The minimum Gasteiger partial charge on any atom is -0.459 e. The van der Waals surface area contributed by atoms with Gasteiger partial charge in [0, 0.05) is 11.6 Å². The van der Waals surface area contributed by atoms with Crippen molar-refractivity contribution < 1.29 is 17.8 Å². The summed E-state index contributed by atoms with van der Waals surface area (Å²) in [5.74, 6) is -0.329. The molecular weight excluding hydrogens is 328 g/mol. The molecule has 0 aromatic carbocycles. The third-order valence-corrected chi connectivity index (χ3v) is 12.3. The summed E-state index contributed by atoms with van der Waals surface area (Å²) in [6, 6.07) is 0.678. The Hall–Kier alpha value is -0.219. The quantitative estimate of drug-likeness (QED) is 0.340. The first-order valence-electron chi connectivity index (χ1n) is 7.94. The number of hydrogen-bond acceptors (Lipinski definition) is 4. The number of esters is 1. The van der Waals surface area contributed by atoms with Crippen LogP contribution in [0.2, 0.25) is 51.9 Å². The fourth-order valence-corrected chi connectivity index (χ4v) is 15.1. The van der Waals surface area contributed by atoms with Gasteiger partial charge in [-0.05, 0) is 59.2 Å². The molecule has 0 aromatic rings. The summed E-state index contributed by atoms with van der Waals surface area (Å²) >= 11 is 0. The smallest absolute Gasteiger partial charge is 0.333 e. The van der Waals surface area contributed by atoms with E-state index in [4.69, 9.17) is 13.0 Å². The lowest BCUT2D eigenvalue weighted by molar-refractivity contribution is -0.143. The van der Waals surface area contributed by atoms with E-state index in [9.17, 15) is 4.79 Å². The average molecular weight is 363 g/mol. The molecule has 1 unspecified atom stereocenters. The molecule has 0 radical (unpaired) electrons. The van der Waals surface area contributed by atoms with Crippen molar-refractivity contribution in [3.8, 4) is 0 Å². The highest BCUT2D eigenvalue weighted by Gasteiger charge is 2.42. The molecule has 0 spiro atoms. The summed E-state index contributed by atoms with van der Waals surface area (Å²) in [7, 11) is -5.86. The Kier molecular flexibility index (Phi) is 7.97. The molecule has 0 aliphatic rings. The second kappa shape index (κ2) is 8.05. The van der Waals surface area contributed by atoms with Crippen LogP contribution in [-0.2, 0) is 17.8 Å². The Morgan fingerprint density at radius 1 is 1.00 bits per heavy atom. The van der Waals surface area contributed by atoms with Crippen LogP contribution < -0.4 is 0 Å². The van der Waals surface area contributed by atoms with Crippen LogP contribution in [0.5, 0.6) is 0 Å². The van der Waals surface area contributed by atoms with Crippen molar-refractivity contribution in [3.05, 3.63) is 12.2 Å². The normalized spacial score (nSPS) is 14.6. The fraction of sp³-hybridized carbons (Fsp3) is 0.800. The van der Waals surface area contributed by atoms with Gasteiger partial charge in [-0.15, -0.1) is 0 Å². The van der Waals surface area contributed by atoms with Crippen LogP contribution in [0.25, 0.3) is 0 Å². The van der Waals surface area contributed by atoms with Crippen LogP contribution in [0, 0.1) is 0 Å². The van der Waals surface area contributed by atoms with Gasteiger partial charge < -0.3 is 13.0 Å². The number of hydrogen-bond donors (Lipinski definition) is 0. The van der Waals surface area contributed by atoms with Gasteiger partial charge in [0.15, 0.2) is 16.6 Å². The summed E-state index contributed by atoms with van der Waals surface area (Å²) in [5, 5.41) is 0. The van der Waals surface area contributed by atoms with Gasteiger partial charge in [0.2, 0.25) is 0 Å². The van der Waals surface area contributed by atoms with E-state index < -0.39 is 25.2 Å². The molecule has 0 saturated carbocycles. The number of carbonyl (C=O) groups excluding carboxylic acids is 1. The topological polar surface area (TPSA) is 44.8 Å². The Morgan fingerprint density at radius 3 is 1.68 bits per heavy atom. The summed E-state index contributed by atoms with van der Waals surface area (Å²) in [6.07, 6.45) is 0.583. The molecule has 0 amide bonds. The Bertz CT molecular complexity index is 381. The molecule has 0 fully saturated rings. The van der Waals surface area contributed by atoms with Gasteiger partial charge in [-0.3, -0.25) is 0 Å². The maximum absolute atomic E-state index is 11.8.